The Kier molecular flexibility index (Phi) is 5.34. The van der Waals surface area contributed by atoms with Gasteiger partial charge in [0.1, 0.15) is 0 Å². The second-order valence-corrected chi connectivity index (χ2v) is 6.77. The number of aliphatic hydroxyl groups excluding tert-OH is 1. The molecular weight excluding hydrogens is 310 g/mol. The number of allylic oxidation sites excluding steroid dienone is 6. The van der Waals surface area contributed by atoms with Gasteiger partial charge in [0.2, 0.25) is 5.78 Å². The van der Waals surface area contributed by atoms with Crippen LogP contribution in [0.25, 0.3) is 0 Å². The highest BCUT2D eigenvalue weighted by molar-refractivity contribution is 5.98. The summed E-state index contributed by atoms with van der Waals surface area (Å²) in [6.07, 6.45) is 13.1. The van der Waals surface area contributed by atoms with Gasteiger partial charge in [-0.25, -0.2) is 0 Å². The smallest absolute Gasteiger partial charge is 0.214 e. The highest BCUT2D eigenvalue weighted by atomic mass is 16.3. The molecule has 1 fully saturated rings. The molecule has 0 amide bonds. The van der Waals surface area contributed by atoms with Gasteiger partial charge in [0, 0.05) is 12.0 Å². The normalized spacial score (nSPS) is 26.4. The van der Waals surface area contributed by atoms with Crippen LogP contribution < -0.4 is 5.32 Å². The van der Waals surface area contributed by atoms with Gasteiger partial charge in [-0.2, -0.15) is 0 Å². The number of carbonyl (C=O) groups excluding carboxylic acids is 1. The van der Waals surface area contributed by atoms with Crippen LogP contribution in [0.3, 0.4) is 0 Å². The molecule has 1 aromatic rings. The molecule has 0 bridgehead atoms. The predicted octanol–water partition coefficient (Wildman–Crippen LogP) is 4.28. The van der Waals surface area contributed by atoms with Crippen molar-refractivity contribution in [3.8, 4) is 0 Å². The quantitative estimate of drug-likeness (QED) is 0.480. The maximum Gasteiger partial charge on any atom is 0.214 e. The SMILES string of the molecule is C/C=C\C=C(/O)C(=O)C1NC(C2=CC=CC2)CC1c1ccc(C)cc1. The van der Waals surface area contributed by atoms with Crippen molar-refractivity contribution >= 4 is 5.78 Å². The molecule has 1 saturated heterocycles. The molecular formula is C22H25NO2. The van der Waals surface area contributed by atoms with Crippen molar-refractivity contribution in [1.82, 2.24) is 5.32 Å². The Hall–Kier alpha value is -2.39. The maximum absolute atomic E-state index is 12.8. The minimum Gasteiger partial charge on any atom is -0.504 e. The molecule has 1 aliphatic heterocycles. The fourth-order valence-corrected chi connectivity index (χ4v) is 3.60. The Morgan fingerprint density at radius 3 is 2.68 bits per heavy atom. The summed E-state index contributed by atoms with van der Waals surface area (Å²) in [6.45, 7) is 3.91. The van der Waals surface area contributed by atoms with Gasteiger partial charge in [-0.15, -0.1) is 0 Å². The van der Waals surface area contributed by atoms with Crippen molar-refractivity contribution in [2.45, 2.75) is 44.7 Å². The molecule has 25 heavy (non-hydrogen) atoms. The average Bonchev–Trinajstić information content (AvgIpc) is 3.29. The third kappa shape index (κ3) is 3.83. The van der Waals surface area contributed by atoms with Crippen LogP contribution in [0.2, 0.25) is 0 Å². The van der Waals surface area contributed by atoms with E-state index in [1.54, 1.807) is 12.2 Å². The molecule has 1 aromatic carbocycles. The van der Waals surface area contributed by atoms with Crippen molar-refractivity contribution in [2.75, 3.05) is 0 Å². The van der Waals surface area contributed by atoms with Gasteiger partial charge in [-0.3, -0.25) is 10.1 Å². The van der Waals surface area contributed by atoms with E-state index in [-0.39, 0.29) is 23.5 Å². The lowest BCUT2D eigenvalue weighted by Crippen LogP contribution is -2.39. The standard InChI is InChI=1S/C22H25NO2/c1-3-4-9-20(24)22(25)21-18(16-12-10-15(2)11-13-16)14-19(23-21)17-7-5-6-8-17/h3-7,9-13,18-19,21,23-24H,8,14H2,1-2H3/b4-3-,20-9-. The number of aryl methyl sites for hydroxylation is 1. The summed E-state index contributed by atoms with van der Waals surface area (Å²) in [5.41, 5.74) is 3.65. The Balaban J connectivity index is 1.88. The van der Waals surface area contributed by atoms with Gasteiger partial charge in [-0.05, 0) is 43.9 Å². The maximum atomic E-state index is 12.8. The van der Waals surface area contributed by atoms with E-state index in [1.165, 1.54) is 17.2 Å². The van der Waals surface area contributed by atoms with Crippen molar-refractivity contribution in [1.29, 1.82) is 0 Å². The van der Waals surface area contributed by atoms with Crippen LogP contribution in [0.4, 0.5) is 0 Å². The molecule has 0 saturated carbocycles. The second-order valence-electron chi connectivity index (χ2n) is 6.77. The van der Waals surface area contributed by atoms with Crippen molar-refractivity contribution in [3.05, 3.63) is 83.2 Å². The van der Waals surface area contributed by atoms with Crippen LogP contribution in [0.15, 0.2) is 72.1 Å². The van der Waals surface area contributed by atoms with E-state index < -0.39 is 6.04 Å². The zero-order valence-corrected chi connectivity index (χ0v) is 14.8. The van der Waals surface area contributed by atoms with Crippen LogP contribution in [0.1, 0.15) is 36.8 Å². The Labute approximate surface area is 149 Å². The first-order chi connectivity index (χ1) is 12.1. The number of aliphatic hydroxyl groups is 1. The van der Waals surface area contributed by atoms with E-state index in [9.17, 15) is 9.90 Å². The van der Waals surface area contributed by atoms with E-state index in [1.807, 2.05) is 6.92 Å². The number of carbonyl (C=O) groups is 1. The highest BCUT2D eigenvalue weighted by Gasteiger charge is 2.41. The summed E-state index contributed by atoms with van der Waals surface area (Å²) in [6, 6.07) is 8.11. The minimum absolute atomic E-state index is 0.0563. The van der Waals surface area contributed by atoms with Gasteiger partial charge in [0.05, 0.1) is 6.04 Å². The number of hydrogen-bond donors (Lipinski definition) is 2. The zero-order valence-electron chi connectivity index (χ0n) is 14.8. The Morgan fingerprint density at radius 2 is 2.04 bits per heavy atom. The van der Waals surface area contributed by atoms with Gasteiger partial charge in [0.15, 0.2) is 5.76 Å². The largest absolute Gasteiger partial charge is 0.504 e. The molecule has 1 aliphatic carbocycles. The van der Waals surface area contributed by atoms with E-state index >= 15 is 0 Å². The van der Waals surface area contributed by atoms with Crippen LogP contribution in [0, 0.1) is 6.92 Å². The number of Topliss-reactive ketones (excluding diaryl/α,β-unsaturated/α-hetero) is 1. The highest BCUT2D eigenvalue weighted by Crippen LogP contribution is 2.36. The van der Waals surface area contributed by atoms with Crippen molar-refractivity contribution in [3.63, 3.8) is 0 Å². The van der Waals surface area contributed by atoms with E-state index in [2.05, 4.69) is 54.7 Å². The van der Waals surface area contributed by atoms with E-state index in [0.29, 0.717) is 0 Å². The van der Waals surface area contributed by atoms with Crippen LogP contribution in [0.5, 0.6) is 0 Å². The third-order valence-electron chi connectivity index (χ3n) is 5.01. The topological polar surface area (TPSA) is 49.3 Å². The van der Waals surface area contributed by atoms with Gasteiger partial charge < -0.3 is 5.11 Å². The lowest BCUT2D eigenvalue weighted by Gasteiger charge is -2.18. The lowest BCUT2D eigenvalue weighted by atomic mass is 9.87. The third-order valence-corrected chi connectivity index (χ3v) is 5.01. The molecule has 3 heteroatoms. The molecule has 3 unspecified atom stereocenters. The zero-order chi connectivity index (χ0) is 17.8. The monoisotopic (exact) mass is 335 g/mol. The van der Waals surface area contributed by atoms with E-state index in [0.717, 1.165) is 18.4 Å². The average molecular weight is 335 g/mol. The first-order valence-corrected chi connectivity index (χ1v) is 8.84. The van der Waals surface area contributed by atoms with Gasteiger partial charge >= 0.3 is 0 Å². The van der Waals surface area contributed by atoms with Crippen molar-refractivity contribution in [2.24, 2.45) is 0 Å². The van der Waals surface area contributed by atoms with Gasteiger partial charge in [0.25, 0.3) is 0 Å². The molecule has 1 heterocycles. The first kappa shape index (κ1) is 17.4. The fraction of sp³-hybridized carbons (Fsp3) is 0.318. The molecule has 3 rings (SSSR count). The van der Waals surface area contributed by atoms with Crippen molar-refractivity contribution < 1.29 is 9.90 Å². The molecule has 3 nitrogen and oxygen atoms in total. The van der Waals surface area contributed by atoms with Gasteiger partial charge in [-0.1, -0.05) is 60.2 Å². The number of nitrogens with one attached hydrogen (secondary N) is 1. The number of benzene rings is 1. The van der Waals surface area contributed by atoms with Crippen LogP contribution >= 0.6 is 0 Å². The summed E-state index contributed by atoms with van der Waals surface area (Å²) < 4.78 is 0. The Morgan fingerprint density at radius 1 is 1.28 bits per heavy atom. The first-order valence-electron chi connectivity index (χ1n) is 8.84. The summed E-state index contributed by atoms with van der Waals surface area (Å²) in [4.78, 5) is 12.8. The fourth-order valence-electron chi connectivity index (χ4n) is 3.60. The molecule has 2 N–H and O–H groups in total. The summed E-state index contributed by atoms with van der Waals surface area (Å²) in [5.74, 6) is -0.370. The second kappa shape index (κ2) is 7.66. The van der Waals surface area contributed by atoms with E-state index in [4.69, 9.17) is 0 Å². The summed E-state index contributed by atoms with van der Waals surface area (Å²) in [7, 11) is 0. The number of ketones is 1. The molecule has 3 atom stereocenters. The minimum atomic E-state index is -0.407. The Bertz CT molecular complexity index is 753. The summed E-state index contributed by atoms with van der Waals surface area (Å²) in [5, 5.41) is 13.6. The summed E-state index contributed by atoms with van der Waals surface area (Å²) >= 11 is 0. The molecule has 0 radical (unpaired) electrons. The number of rotatable bonds is 5. The van der Waals surface area contributed by atoms with Crippen LogP contribution in [-0.2, 0) is 4.79 Å². The van der Waals surface area contributed by atoms with Crippen LogP contribution in [-0.4, -0.2) is 23.0 Å². The molecule has 0 spiro atoms. The molecule has 130 valence electrons. The lowest BCUT2D eigenvalue weighted by molar-refractivity contribution is -0.119. The number of hydrogen-bond acceptors (Lipinski definition) is 3. The predicted molar refractivity (Wildman–Crippen MR) is 102 cm³/mol. The molecule has 2 aliphatic rings. The molecule has 0 aromatic heterocycles.